The highest BCUT2D eigenvalue weighted by Gasteiger charge is 2.18. The maximum absolute atomic E-state index is 12.8. The second-order valence-electron chi connectivity index (χ2n) is 5.54. The first kappa shape index (κ1) is 17.0. The number of hydrogen-bond acceptors (Lipinski definition) is 7. The predicted molar refractivity (Wildman–Crippen MR) is 102 cm³/mol. The van der Waals surface area contributed by atoms with Crippen LogP contribution in [-0.4, -0.2) is 39.9 Å². The Morgan fingerprint density at radius 1 is 1.11 bits per heavy atom. The Kier molecular flexibility index (Phi) is 4.43. The zero-order valence-electron chi connectivity index (χ0n) is 14.5. The van der Waals surface area contributed by atoms with Crippen LogP contribution in [0.3, 0.4) is 0 Å². The van der Waals surface area contributed by atoms with Crippen molar-refractivity contribution in [2.75, 3.05) is 19.5 Å². The van der Waals surface area contributed by atoms with Gasteiger partial charge in [0.2, 0.25) is 4.96 Å². The van der Waals surface area contributed by atoms with E-state index in [1.165, 1.54) is 25.6 Å². The predicted octanol–water partition coefficient (Wildman–Crippen LogP) is 3.12. The first-order chi connectivity index (χ1) is 13.2. The number of nitrogens with one attached hydrogen (secondary N) is 1. The minimum atomic E-state index is -0.320. The molecule has 2 heterocycles. The fourth-order valence-corrected chi connectivity index (χ4v) is 3.49. The van der Waals surface area contributed by atoms with Crippen LogP contribution in [0.25, 0.3) is 15.5 Å². The fraction of sp³-hybridized carbons (Fsp3) is 0.111. The summed E-state index contributed by atoms with van der Waals surface area (Å²) in [7, 11) is 3.03. The molecule has 0 bridgehead atoms. The van der Waals surface area contributed by atoms with Gasteiger partial charge in [-0.3, -0.25) is 4.79 Å². The normalized spacial score (nSPS) is 10.7. The maximum Gasteiger partial charge on any atom is 0.263 e. The third-order valence-electron chi connectivity index (χ3n) is 3.91. The molecule has 0 unspecified atom stereocenters. The number of anilines is 1. The molecule has 0 aliphatic rings. The summed E-state index contributed by atoms with van der Waals surface area (Å²) in [4.78, 5) is 13.5. The van der Waals surface area contributed by atoms with Crippen molar-refractivity contribution in [1.82, 2.24) is 19.8 Å². The minimum Gasteiger partial charge on any atom is -0.496 e. The van der Waals surface area contributed by atoms with E-state index in [0.29, 0.717) is 27.7 Å². The standard InChI is InChI=1S/C18H15N5O3S/c1-25-13-7-4-8-14(26-2)15(13)16(24)20-12-6-3-5-11(9-12)17-22-23-10-19-21-18(23)27-17/h3-10H,1-2H3,(H,20,24). The first-order valence-electron chi connectivity index (χ1n) is 7.99. The van der Waals surface area contributed by atoms with Gasteiger partial charge in [0, 0.05) is 11.3 Å². The van der Waals surface area contributed by atoms with Crippen LogP contribution in [0.5, 0.6) is 11.5 Å². The van der Waals surface area contributed by atoms with Crippen LogP contribution in [0.15, 0.2) is 48.8 Å². The van der Waals surface area contributed by atoms with Gasteiger partial charge in [-0.25, -0.2) is 0 Å². The molecule has 27 heavy (non-hydrogen) atoms. The molecule has 1 N–H and O–H groups in total. The molecule has 4 aromatic rings. The van der Waals surface area contributed by atoms with Crippen LogP contribution in [0.4, 0.5) is 5.69 Å². The Labute approximate surface area is 158 Å². The van der Waals surface area contributed by atoms with E-state index in [1.54, 1.807) is 29.0 Å². The number of methoxy groups -OCH3 is 2. The van der Waals surface area contributed by atoms with Gasteiger partial charge in [0.25, 0.3) is 5.91 Å². The lowest BCUT2D eigenvalue weighted by Crippen LogP contribution is -2.14. The number of amides is 1. The van der Waals surface area contributed by atoms with Gasteiger partial charge in [-0.05, 0) is 24.3 Å². The van der Waals surface area contributed by atoms with Crippen LogP contribution in [-0.2, 0) is 0 Å². The zero-order valence-corrected chi connectivity index (χ0v) is 15.4. The smallest absolute Gasteiger partial charge is 0.263 e. The lowest BCUT2D eigenvalue weighted by molar-refractivity contribution is 0.102. The molecule has 8 nitrogen and oxygen atoms in total. The number of aromatic nitrogens is 4. The van der Waals surface area contributed by atoms with E-state index in [1.807, 2.05) is 24.3 Å². The van der Waals surface area contributed by atoms with Gasteiger partial charge in [0.15, 0.2) is 0 Å². The molecule has 0 aliphatic carbocycles. The Morgan fingerprint density at radius 2 is 1.85 bits per heavy atom. The van der Waals surface area contributed by atoms with Crippen molar-refractivity contribution in [1.29, 1.82) is 0 Å². The highest BCUT2D eigenvalue weighted by molar-refractivity contribution is 7.19. The Hall–Kier alpha value is -3.46. The number of carbonyl (C=O) groups excluding carboxylic acids is 1. The van der Waals surface area contributed by atoms with Crippen molar-refractivity contribution in [3.63, 3.8) is 0 Å². The average molecular weight is 381 g/mol. The third-order valence-corrected chi connectivity index (χ3v) is 4.87. The summed E-state index contributed by atoms with van der Waals surface area (Å²) >= 11 is 1.42. The summed E-state index contributed by atoms with van der Waals surface area (Å²) in [5.41, 5.74) is 1.85. The molecule has 0 spiro atoms. The fourth-order valence-electron chi connectivity index (χ4n) is 2.68. The number of carbonyl (C=O) groups is 1. The van der Waals surface area contributed by atoms with Crippen LogP contribution in [0.2, 0.25) is 0 Å². The van der Waals surface area contributed by atoms with E-state index in [0.717, 1.165) is 10.6 Å². The molecule has 0 fully saturated rings. The number of ether oxygens (including phenoxy) is 2. The molecule has 9 heteroatoms. The largest absolute Gasteiger partial charge is 0.496 e. The van der Waals surface area contributed by atoms with Crippen LogP contribution >= 0.6 is 11.3 Å². The van der Waals surface area contributed by atoms with Gasteiger partial charge in [-0.1, -0.05) is 29.5 Å². The SMILES string of the molecule is COc1cccc(OC)c1C(=O)Nc1cccc(-c2nn3cnnc3s2)c1. The van der Waals surface area contributed by atoms with Crippen molar-refractivity contribution in [2.45, 2.75) is 0 Å². The summed E-state index contributed by atoms with van der Waals surface area (Å²) in [6.45, 7) is 0. The molecule has 4 rings (SSSR count). The van der Waals surface area contributed by atoms with Crippen molar-refractivity contribution in [3.8, 4) is 22.1 Å². The minimum absolute atomic E-state index is 0.320. The van der Waals surface area contributed by atoms with Crippen molar-refractivity contribution >= 4 is 27.9 Å². The molecule has 0 saturated heterocycles. The number of nitrogens with zero attached hydrogens (tertiary/aromatic N) is 4. The molecule has 2 aromatic carbocycles. The second kappa shape index (κ2) is 7.04. The zero-order chi connectivity index (χ0) is 18.8. The number of fused-ring (bicyclic) bond motifs is 1. The monoisotopic (exact) mass is 381 g/mol. The summed E-state index contributed by atoms with van der Waals surface area (Å²) in [6.07, 6.45) is 1.55. The number of benzene rings is 2. The summed E-state index contributed by atoms with van der Waals surface area (Å²) in [6, 6.07) is 12.6. The Morgan fingerprint density at radius 3 is 2.56 bits per heavy atom. The van der Waals surface area contributed by atoms with Gasteiger partial charge >= 0.3 is 0 Å². The van der Waals surface area contributed by atoms with Crippen molar-refractivity contribution < 1.29 is 14.3 Å². The van der Waals surface area contributed by atoms with Gasteiger partial charge in [0.1, 0.15) is 28.4 Å². The highest BCUT2D eigenvalue weighted by Crippen LogP contribution is 2.30. The molecule has 0 saturated carbocycles. The second-order valence-corrected chi connectivity index (χ2v) is 6.49. The quantitative estimate of drug-likeness (QED) is 0.571. The van der Waals surface area contributed by atoms with E-state index in [4.69, 9.17) is 9.47 Å². The maximum atomic E-state index is 12.8. The van der Waals surface area contributed by atoms with E-state index >= 15 is 0 Å². The molecule has 0 aliphatic heterocycles. The Bertz CT molecular complexity index is 1070. The van der Waals surface area contributed by atoms with Crippen molar-refractivity contribution in [3.05, 3.63) is 54.4 Å². The molecular weight excluding hydrogens is 366 g/mol. The van der Waals surface area contributed by atoms with E-state index in [2.05, 4.69) is 20.6 Å². The molecule has 2 aromatic heterocycles. The Balaban J connectivity index is 1.64. The highest BCUT2D eigenvalue weighted by atomic mass is 32.1. The topological polar surface area (TPSA) is 90.6 Å². The molecule has 1 amide bonds. The third kappa shape index (κ3) is 3.20. The molecule has 136 valence electrons. The van der Waals surface area contributed by atoms with Gasteiger partial charge in [0.05, 0.1) is 14.2 Å². The number of rotatable bonds is 5. The van der Waals surface area contributed by atoms with E-state index < -0.39 is 0 Å². The van der Waals surface area contributed by atoms with Gasteiger partial charge < -0.3 is 14.8 Å². The van der Waals surface area contributed by atoms with Crippen LogP contribution in [0.1, 0.15) is 10.4 Å². The van der Waals surface area contributed by atoms with Crippen LogP contribution in [0, 0.1) is 0 Å². The summed E-state index contributed by atoms with van der Waals surface area (Å²) in [5.74, 6) is 0.563. The van der Waals surface area contributed by atoms with Crippen molar-refractivity contribution in [2.24, 2.45) is 0 Å². The lowest BCUT2D eigenvalue weighted by atomic mass is 10.1. The lowest BCUT2D eigenvalue weighted by Gasteiger charge is -2.13. The molecule has 0 atom stereocenters. The molecular formula is C18H15N5O3S. The molecule has 0 radical (unpaired) electrons. The van der Waals surface area contributed by atoms with Gasteiger partial charge in [-0.15, -0.1) is 10.2 Å². The number of hydrogen-bond donors (Lipinski definition) is 1. The van der Waals surface area contributed by atoms with Crippen LogP contribution < -0.4 is 14.8 Å². The first-order valence-corrected chi connectivity index (χ1v) is 8.81. The van der Waals surface area contributed by atoms with E-state index in [9.17, 15) is 4.79 Å². The average Bonchev–Trinajstić information content (AvgIpc) is 3.29. The van der Waals surface area contributed by atoms with Gasteiger partial charge in [-0.2, -0.15) is 9.61 Å². The van der Waals surface area contributed by atoms with E-state index in [-0.39, 0.29) is 5.91 Å². The summed E-state index contributed by atoms with van der Waals surface area (Å²) in [5, 5.41) is 15.9. The summed E-state index contributed by atoms with van der Waals surface area (Å²) < 4.78 is 12.2.